The van der Waals surface area contributed by atoms with Gasteiger partial charge in [0, 0.05) is 18.0 Å². The molecule has 0 saturated heterocycles. The molecule has 2 heterocycles. The Morgan fingerprint density at radius 3 is 2.55 bits per heavy atom. The Labute approximate surface area is 115 Å². The van der Waals surface area contributed by atoms with Gasteiger partial charge in [-0.25, -0.2) is 19.9 Å². The summed E-state index contributed by atoms with van der Waals surface area (Å²) in [6, 6.07) is 14.4. The fraction of sp³-hybridized carbons (Fsp3) is 0. The highest BCUT2D eigenvalue weighted by Crippen LogP contribution is 2.22. The van der Waals surface area contributed by atoms with Crippen LogP contribution in [0.15, 0.2) is 61.1 Å². The second-order valence-electron chi connectivity index (χ2n) is 4.52. The van der Waals surface area contributed by atoms with Gasteiger partial charge in [0.1, 0.15) is 5.52 Å². The van der Waals surface area contributed by atoms with E-state index >= 15 is 0 Å². The van der Waals surface area contributed by atoms with Crippen LogP contribution in [0.3, 0.4) is 0 Å². The van der Waals surface area contributed by atoms with Crippen molar-refractivity contribution in [2.24, 2.45) is 0 Å². The summed E-state index contributed by atoms with van der Waals surface area (Å²) < 4.78 is 0. The molecule has 4 aromatic rings. The zero-order chi connectivity index (χ0) is 13.4. The van der Waals surface area contributed by atoms with E-state index in [2.05, 4.69) is 44.2 Å². The van der Waals surface area contributed by atoms with Crippen molar-refractivity contribution in [3.8, 4) is 11.4 Å². The van der Waals surface area contributed by atoms with Crippen LogP contribution in [-0.2, 0) is 0 Å². The molecule has 4 nitrogen and oxygen atoms in total. The lowest BCUT2D eigenvalue weighted by atomic mass is 10.1. The van der Waals surface area contributed by atoms with Crippen molar-refractivity contribution < 1.29 is 0 Å². The Bertz CT molecular complexity index is 841. The molecule has 0 unspecified atom stereocenters. The maximum atomic E-state index is 4.47. The Kier molecular flexibility index (Phi) is 2.39. The predicted molar refractivity (Wildman–Crippen MR) is 78.1 cm³/mol. The molecule has 0 bridgehead atoms. The van der Waals surface area contributed by atoms with Crippen LogP contribution in [0.1, 0.15) is 0 Å². The van der Waals surface area contributed by atoms with Crippen molar-refractivity contribution >= 4 is 21.9 Å². The number of aromatic nitrogens is 4. The molecular formula is C16H10N4. The highest BCUT2D eigenvalue weighted by molar-refractivity contribution is 5.86. The lowest BCUT2D eigenvalue weighted by molar-refractivity contribution is 1.15. The molecule has 94 valence electrons. The molecular weight excluding hydrogens is 248 g/mol. The van der Waals surface area contributed by atoms with Crippen LogP contribution < -0.4 is 0 Å². The average molecular weight is 258 g/mol. The van der Waals surface area contributed by atoms with Gasteiger partial charge in [-0.3, -0.25) is 0 Å². The number of fused-ring (bicyclic) bond motifs is 2. The van der Waals surface area contributed by atoms with Crippen molar-refractivity contribution in [3.63, 3.8) is 0 Å². The van der Waals surface area contributed by atoms with Gasteiger partial charge >= 0.3 is 0 Å². The predicted octanol–water partition coefficient (Wildman–Crippen LogP) is 3.24. The molecule has 4 rings (SSSR count). The maximum Gasteiger partial charge on any atom is 0.181 e. The minimum Gasteiger partial charge on any atom is -0.250 e. The molecule has 20 heavy (non-hydrogen) atoms. The van der Waals surface area contributed by atoms with Crippen molar-refractivity contribution in [3.05, 3.63) is 61.1 Å². The second-order valence-corrected chi connectivity index (χ2v) is 4.52. The number of hydrogen-bond donors (Lipinski definition) is 0. The molecule has 2 aromatic heterocycles. The highest BCUT2D eigenvalue weighted by atomic mass is 15.0. The van der Waals surface area contributed by atoms with E-state index in [0.717, 1.165) is 5.56 Å². The average Bonchev–Trinajstić information content (AvgIpc) is 2.54. The maximum absolute atomic E-state index is 4.47. The normalized spacial score (nSPS) is 11.0. The van der Waals surface area contributed by atoms with Gasteiger partial charge in [-0.1, -0.05) is 36.4 Å². The molecule has 4 heteroatoms. The van der Waals surface area contributed by atoms with Crippen molar-refractivity contribution in [1.82, 2.24) is 19.9 Å². The van der Waals surface area contributed by atoms with Crippen LogP contribution in [-0.4, -0.2) is 19.9 Å². The smallest absolute Gasteiger partial charge is 0.181 e. The minimum absolute atomic E-state index is 0.616. The van der Waals surface area contributed by atoms with Crippen molar-refractivity contribution in [2.75, 3.05) is 0 Å². The molecule has 0 atom stereocenters. The van der Waals surface area contributed by atoms with Gasteiger partial charge in [0.15, 0.2) is 11.5 Å². The first-order valence-electron chi connectivity index (χ1n) is 6.33. The topological polar surface area (TPSA) is 51.6 Å². The Morgan fingerprint density at radius 1 is 0.750 bits per heavy atom. The first kappa shape index (κ1) is 11.0. The van der Waals surface area contributed by atoms with Crippen LogP contribution in [0, 0.1) is 0 Å². The van der Waals surface area contributed by atoms with E-state index in [0.29, 0.717) is 17.0 Å². The Balaban J connectivity index is 1.91. The van der Waals surface area contributed by atoms with E-state index in [9.17, 15) is 0 Å². The zero-order valence-corrected chi connectivity index (χ0v) is 10.6. The fourth-order valence-corrected chi connectivity index (χ4v) is 2.24. The summed E-state index contributed by atoms with van der Waals surface area (Å²) in [4.78, 5) is 17.2. The quantitative estimate of drug-likeness (QED) is 0.526. The summed E-state index contributed by atoms with van der Waals surface area (Å²) in [6.07, 6.45) is 4.99. The van der Waals surface area contributed by atoms with E-state index in [1.165, 1.54) is 10.8 Å². The highest BCUT2D eigenvalue weighted by Gasteiger charge is 2.05. The third-order valence-corrected chi connectivity index (χ3v) is 3.23. The summed E-state index contributed by atoms with van der Waals surface area (Å²) in [6.45, 7) is 0. The van der Waals surface area contributed by atoms with E-state index in [1.807, 2.05) is 18.2 Å². The Morgan fingerprint density at radius 2 is 1.60 bits per heavy atom. The summed E-state index contributed by atoms with van der Waals surface area (Å²) >= 11 is 0. The lowest BCUT2D eigenvalue weighted by Crippen LogP contribution is -1.93. The summed E-state index contributed by atoms with van der Waals surface area (Å²) in [5.74, 6) is 0.670. The van der Waals surface area contributed by atoms with Crippen LogP contribution in [0.4, 0.5) is 0 Å². The van der Waals surface area contributed by atoms with Gasteiger partial charge in [-0.05, 0) is 16.8 Å². The molecule has 0 aliphatic heterocycles. The van der Waals surface area contributed by atoms with E-state index < -0.39 is 0 Å². The summed E-state index contributed by atoms with van der Waals surface area (Å²) in [7, 11) is 0. The zero-order valence-electron chi connectivity index (χ0n) is 10.6. The second kappa shape index (κ2) is 4.35. The van der Waals surface area contributed by atoms with E-state index in [4.69, 9.17) is 0 Å². The van der Waals surface area contributed by atoms with Gasteiger partial charge in [0.2, 0.25) is 0 Å². The molecule has 0 radical (unpaired) electrons. The standard InChI is InChI=1S/C16H10N4/c1-2-4-12-9-13(6-5-11(12)3-1)15-19-10-14-16(20-15)18-8-7-17-14/h1-10H. The molecule has 0 aliphatic carbocycles. The summed E-state index contributed by atoms with van der Waals surface area (Å²) in [5, 5.41) is 2.38. The lowest BCUT2D eigenvalue weighted by Gasteiger charge is -2.03. The van der Waals surface area contributed by atoms with Crippen LogP contribution in [0.5, 0.6) is 0 Å². The molecule has 0 saturated carbocycles. The van der Waals surface area contributed by atoms with Crippen molar-refractivity contribution in [1.29, 1.82) is 0 Å². The third-order valence-electron chi connectivity index (χ3n) is 3.23. The number of rotatable bonds is 1. The largest absolute Gasteiger partial charge is 0.250 e. The number of hydrogen-bond acceptors (Lipinski definition) is 4. The Hall–Kier alpha value is -2.88. The minimum atomic E-state index is 0.616. The van der Waals surface area contributed by atoms with Crippen molar-refractivity contribution in [2.45, 2.75) is 0 Å². The monoisotopic (exact) mass is 258 g/mol. The number of nitrogens with zero attached hydrogens (tertiary/aromatic N) is 4. The van der Waals surface area contributed by atoms with Crippen LogP contribution in [0.2, 0.25) is 0 Å². The fourth-order valence-electron chi connectivity index (χ4n) is 2.24. The van der Waals surface area contributed by atoms with Gasteiger partial charge in [-0.15, -0.1) is 0 Å². The van der Waals surface area contributed by atoms with Crippen LogP contribution >= 0.6 is 0 Å². The molecule has 0 spiro atoms. The first-order chi connectivity index (χ1) is 9.90. The van der Waals surface area contributed by atoms with Gasteiger partial charge < -0.3 is 0 Å². The third kappa shape index (κ3) is 1.78. The van der Waals surface area contributed by atoms with Gasteiger partial charge in [0.05, 0.1) is 6.20 Å². The van der Waals surface area contributed by atoms with E-state index in [1.54, 1.807) is 18.6 Å². The molecule has 0 amide bonds. The first-order valence-corrected chi connectivity index (χ1v) is 6.33. The molecule has 0 N–H and O–H groups in total. The SMILES string of the molecule is c1ccc2cc(-c3ncc4nccnc4n3)ccc2c1. The molecule has 0 fully saturated rings. The van der Waals surface area contributed by atoms with Crippen LogP contribution in [0.25, 0.3) is 33.3 Å². The van der Waals surface area contributed by atoms with E-state index in [-0.39, 0.29) is 0 Å². The summed E-state index contributed by atoms with van der Waals surface area (Å²) in [5.41, 5.74) is 2.30. The molecule has 0 aliphatic rings. The number of benzene rings is 2. The van der Waals surface area contributed by atoms with Gasteiger partial charge in [-0.2, -0.15) is 0 Å². The molecule has 2 aromatic carbocycles. The van der Waals surface area contributed by atoms with Gasteiger partial charge in [0.25, 0.3) is 0 Å².